The molecule has 17 heavy (non-hydrogen) atoms. The lowest BCUT2D eigenvalue weighted by molar-refractivity contribution is -0.144. The Kier molecular flexibility index (Phi) is 6.52. The second kappa shape index (κ2) is 7.67. The molecule has 0 aromatic rings. The Morgan fingerprint density at radius 1 is 1.29 bits per heavy atom. The highest BCUT2D eigenvalue weighted by molar-refractivity contribution is 5.70. The molecule has 4 nitrogen and oxygen atoms in total. The van der Waals surface area contributed by atoms with E-state index in [0.717, 1.165) is 32.5 Å². The van der Waals surface area contributed by atoms with Crippen molar-refractivity contribution in [1.29, 1.82) is 0 Å². The van der Waals surface area contributed by atoms with Gasteiger partial charge in [-0.15, -0.1) is 0 Å². The number of ether oxygens (including phenoxy) is 2. The Hall–Kier alpha value is -0.610. The quantitative estimate of drug-likeness (QED) is 0.667. The summed E-state index contributed by atoms with van der Waals surface area (Å²) in [6, 6.07) is 0.275. The van der Waals surface area contributed by atoms with Gasteiger partial charge in [0.1, 0.15) is 0 Å². The number of rotatable bonds is 6. The van der Waals surface area contributed by atoms with Crippen molar-refractivity contribution in [2.24, 2.45) is 0 Å². The maximum absolute atomic E-state index is 11.4. The normalized spacial score (nSPS) is 20.2. The summed E-state index contributed by atoms with van der Waals surface area (Å²) >= 11 is 0. The molecule has 1 aliphatic heterocycles. The van der Waals surface area contributed by atoms with Crippen LogP contribution in [0.5, 0.6) is 0 Å². The molecule has 0 spiro atoms. The highest BCUT2D eigenvalue weighted by Gasteiger charge is 2.24. The number of nitrogens with zero attached hydrogens (tertiary/aromatic N) is 1. The number of hydrogen-bond donors (Lipinski definition) is 0. The molecule has 1 atom stereocenters. The summed E-state index contributed by atoms with van der Waals surface area (Å²) in [5, 5.41) is 0. The van der Waals surface area contributed by atoms with Crippen molar-refractivity contribution >= 4 is 5.97 Å². The summed E-state index contributed by atoms with van der Waals surface area (Å²) in [7, 11) is 0. The number of piperidine rings is 1. The molecule has 4 heteroatoms. The first kappa shape index (κ1) is 14.5. The van der Waals surface area contributed by atoms with Crippen LogP contribution in [-0.4, -0.2) is 49.3 Å². The third-order valence-electron chi connectivity index (χ3n) is 3.27. The van der Waals surface area contributed by atoms with Crippen LogP contribution in [0.4, 0.5) is 0 Å². The van der Waals surface area contributed by atoms with Gasteiger partial charge in [0.15, 0.2) is 0 Å². The molecule has 0 aromatic carbocycles. The van der Waals surface area contributed by atoms with Gasteiger partial charge in [-0.25, -0.2) is 0 Å². The second-order valence-corrected chi connectivity index (χ2v) is 4.55. The van der Waals surface area contributed by atoms with Crippen molar-refractivity contribution in [1.82, 2.24) is 4.90 Å². The number of carbonyl (C=O) groups is 1. The second-order valence-electron chi connectivity index (χ2n) is 4.55. The molecule has 1 heterocycles. The zero-order chi connectivity index (χ0) is 12.7. The van der Waals surface area contributed by atoms with Crippen LogP contribution in [0.25, 0.3) is 0 Å². The first-order chi connectivity index (χ1) is 8.17. The Morgan fingerprint density at radius 3 is 2.47 bits per heavy atom. The largest absolute Gasteiger partial charge is 0.466 e. The van der Waals surface area contributed by atoms with Crippen LogP contribution in [0.2, 0.25) is 0 Å². The Labute approximate surface area is 104 Å². The fraction of sp³-hybridized carbons (Fsp3) is 0.923. The zero-order valence-corrected chi connectivity index (χ0v) is 11.3. The number of likely N-dealkylation sites (tertiary alicyclic amines) is 1. The van der Waals surface area contributed by atoms with Crippen LogP contribution in [0.3, 0.4) is 0 Å². The van der Waals surface area contributed by atoms with Crippen LogP contribution >= 0.6 is 0 Å². The van der Waals surface area contributed by atoms with Gasteiger partial charge in [-0.1, -0.05) is 0 Å². The standard InChI is InChI=1S/C13H25NO3/c1-4-16-12-6-8-14(9-7-12)11(3)10-13(15)17-5-2/h11-12H,4-10H2,1-3H3. The summed E-state index contributed by atoms with van der Waals surface area (Å²) in [5.74, 6) is -0.0908. The lowest BCUT2D eigenvalue weighted by Gasteiger charge is -2.35. The van der Waals surface area contributed by atoms with Crippen LogP contribution in [0.15, 0.2) is 0 Å². The fourth-order valence-electron chi connectivity index (χ4n) is 2.31. The topological polar surface area (TPSA) is 38.8 Å². The van der Waals surface area contributed by atoms with Crippen molar-refractivity contribution < 1.29 is 14.3 Å². The van der Waals surface area contributed by atoms with E-state index in [-0.39, 0.29) is 12.0 Å². The van der Waals surface area contributed by atoms with Gasteiger partial charge in [-0.3, -0.25) is 9.69 Å². The third-order valence-corrected chi connectivity index (χ3v) is 3.27. The number of carbonyl (C=O) groups excluding carboxylic acids is 1. The van der Waals surface area contributed by atoms with Gasteiger partial charge >= 0.3 is 5.97 Å². The van der Waals surface area contributed by atoms with Crippen molar-refractivity contribution in [3.63, 3.8) is 0 Å². The van der Waals surface area contributed by atoms with Crippen LogP contribution < -0.4 is 0 Å². The summed E-state index contributed by atoms with van der Waals surface area (Å²) < 4.78 is 10.6. The molecule has 1 unspecified atom stereocenters. The van der Waals surface area contributed by atoms with Gasteiger partial charge in [0, 0.05) is 25.7 Å². The van der Waals surface area contributed by atoms with E-state index in [0.29, 0.717) is 19.1 Å². The number of esters is 1. The fourth-order valence-corrected chi connectivity index (χ4v) is 2.31. The molecular formula is C13H25NO3. The summed E-state index contributed by atoms with van der Waals surface area (Å²) in [6.45, 7) is 9.28. The van der Waals surface area contributed by atoms with Gasteiger partial charge in [-0.05, 0) is 33.6 Å². The number of hydrogen-bond acceptors (Lipinski definition) is 4. The maximum Gasteiger partial charge on any atom is 0.307 e. The molecule has 0 aliphatic carbocycles. The Balaban J connectivity index is 2.25. The molecule has 0 N–H and O–H groups in total. The first-order valence-corrected chi connectivity index (χ1v) is 6.68. The van der Waals surface area contributed by atoms with Gasteiger partial charge in [0.2, 0.25) is 0 Å². The molecule has 0 bridgehead atoms. The monoisotopic (exact) mass is 243 g/mol. The molecule has 0 radical (unpaired) electrons. The first-order valence-electron chi connectivity index (χ1n) is 6.68. The smallest absolute Gasteiger partial charge is 0.307 e. The van der Waals surface area contributed by atoms with Crippen LogP contribution in [0.1, 0.15) is 40.0 Å². The van der Waals surface area contributed by atoms with Gasteiger partial charge in [0.25, 0.3) is 0 Å². The van der Waals surface area contributed by atoms with E-state index >= 15 is 0 Å². The molecule has 0 aromatic heterocycles. The highest BCUT2D eigenvalue weighted by atomic mass is 16.5. The van der Waals surface area contributed by atoms with Crippen molar-refractivity contribution in [2.75, 3.05) is 26.3 Å². The van der Waals surface area contributed by atoms with Gasteiger partial charge in [0.05, 0.1) is 19.1 Å². The molecule has 0 amide bonds. The molecule has 1 rings (SSSR count). The van der Waals surface area contributed by atoms with Crippen LogP contribution in [0, 0.1) is 0 Å². The highest BCUT2D eigenvalue weighted by Crippen LogP contribution is 2.17. The molecule has 1 saturated heterocycles. The van der Waals surface area contributed by atoms with Gasteiger partial charge in [-0.2, -0.15) is 0 Å². The average Bonchev–Trinajstić information content (AvgIpc) is 2.30. The summed E-state index contributed by atoms with van der Waals surface area (Å²) in [5.41, 5.74) is 0. The van der Waals surface area contributed by atoms with E-state index in [9.17, 15) is 4.79 Å². The van der Waals surface area contributed by atoms with E-state index in [1.54, 1.807) is 0 Å². The van der Waals surface area contributed by atoms with E-state index in [2.05, 4.69) is 11.8 Å². The molecule has 1 fully saturated rings. The predicted octanol–water partition coefficient (Wildman–Crippen LogP) is 1.83. The summed E-state index contributed by atoms with van der Waals surface area (Å²) in [4.78, 5) is 13.7. The van der Waals surface area contributed by atoms with Gasteiger partial charge < -0.3 is 9.47 Å². The average molecular weight is 243 g/mol. The SMILES string of the molecule is CCOC(=O)CC(C)N1CCC(OCC)CC1. The minimum absolute atomic E-state index is 0.0908. The Morgan fingerprint density at radius 2 is 1.94 bits per heavy atom. The minimum atomic E-state index is -0.0908. The maximum atomic E-state index is 11.4. The molecule has 1 aliphatic rings. The Bertz CT molecular complexity index is 225. The molecule has 100 valence electrons. The van der Waals surface area contributed by atoms with E-state index in [4.69, 9.17) is 9.47 Å². The lowest BCUT2D eigenvalue weighted by atomic mass is 10.0. The summed E-state index contributed by atoms with van der Waals surface area (Å²) in [6.07, 6.45) is 3.04. The van der Waals surface area contributed by atoms with E-state index in [1.807, 2.05) is 13.8 Å². The van der Waals surface area contributed by atoms with Crippen molar-refractivity contribution in [3.8, 4) is 0 Å². The lowest BCUT2D eigenvalue weighted by Crippen LogP contribution is -2.43. The molecular weight excluding hydrogens is 218 g/mol. The minimum Gasteiger partial charge on any atom is -0.466 e. The molecule has 0 saturated carbocycles. The van der Waals surface area contributed by atoms with Crippen molar-refractivity contribution in [3.05, 3.63) is 0 Å². The van der Waals surface area contributed by atoms with E-state index in [1.165, 1.54) is 0 Å². The third kappa shape index (κ3) is 5.04. The predicted molar refractivity (Wildman–Crippen MR) is 66.9 cm³/mol. The zero-order valence-electron chi connectivity index (χ0n) is 11.3. The van der Waals surface area contributed by atoms with Crippen LogP contribution in [-0.2, 0) is 14.3 Å². The van der Waals surface area contributed by atoms with E-state index < -0.39 is 0 Å². The van der Waals surface area contributed by atoms with Crippen molar-refractivity contribution in [2.45, 2.75) is 52.2 Å².